The zero-order valence-corrected chi connectivity index (χ0v) is 14.9. The molecular formula is C19H23NO5. The van der Waals surface area contributed by atoms with Gasteiger partial charge >= 0.3 is 5.97 Å². The third kappa shape index (κ3) is 4.62. The van der Waals surface area contributed by atoms with Gasteiger partial charge in [0.25, 0.3) is 5.91 Å². The molecule has 0 bridgehead atoms. The van der Waals surface area contributed by atoms with Crippen LogP contribution in [0.25, 0.3) is 0 Å². The largest absolute Gasteiger partial charge is 0.481 e. The van der Waals surface area contributed by atoms with E-state index in [1.165, 1.54) is 0 Å². The quantitative estimate of drug-likeness (QED) is 0.832. The number of hydrogen-bond acceptors (Lipinski definition) is 4. The highest BCUT2D eigenvalue weighted by Crippen LogP contribution is 2.26. The van der Waals surface area contributed by atoms with Gasteiger partial charge in [-0.2, -0.15) is 0 Å². The molecule has 0 spiro atoms. The van der Waals surface area contributed by atoms with Gasteiger partial charge in [-0.3, -0.25) is 4.79 Å². The predicted molar refractivity (Wildman–Crippen MR) is 92.8 cm³/mol. The van der Waals surface area contributed by atoms with Gasteiger partial charge < -0.3 is 19.2 Å². The normalized spacial score (nSPS) is 10.8. The molecule has 1 aromatic heterocycles. The molecule has 134 valence electrons. The van der Waals surface area contributed by atoms with E-state index in [2.05, 4.69) is 0 Å². The molecule has 2 aromatic rings. The van der Waals surface area contributed by atoms with Crippen molar-refractivity contribution in [2.45, 2.75) is 40.3 Å². The van der Waals surface area contributed by atoms with Gasteiger partial charge in [-0.05, 0) is 63.1 Å². The van der Waals surface area contributed by atoms with Crippen molar-refractivity contribution in [2.24, 2.45) is 0 Å². The summed E-state index contributed by atoms with van der Waals surface area (Å²) in [5, 5.41) is 8.76. The average molecular weight is 345 g/mol. The second-order valence-corrected chi connectivity index (χ2v) is 6.23. The van der Waals surface area contributed by atoms with Crippen LogP contribution in [0, 0.1) is 13.8 Å². The molecule has 0 fully saturated rings. The monoisotopic (exact) mass is 345 g/mol. The highest BCUT2D eigenvalue weighted by molar-refractivity contribution is 5.95. The van der Waals surface area contributed by atoms with Crippen molar-refractivity contribution in [3.8, 4) is 5.75 Å². The van der Waals surface area contributed by atoms with Gasteiger partial charge in [-0.15, -0.1) is 0 Å². The number of rotatable bonds is 7. The molecule has 0 aliphatic heterocycles. The van der Waals surface area contributed by atoms with E-state index in [-0.39, 0.29) is 11.9 Å². The minimum atomic E-state index is -1.04. The summed E-state index contributed by atoms with van der Waals surface area (Å²) < 4.78 is 10.7. The van der Waals surface area contributed by atoms with Crippen LogP contribution in [-0.2, 0) is 11.3 Å². The van der Waals surface area contributed by atoms with Crippen molar-refractivity contribution in [3.63, 3.8) is 0 Å². The van der Waals surface area contributed by atoms with Crippen molar-refractivity contribution in [2.75, 3.05) is 6.61 Å². The zero-order chi connectivity index (χ0) is 18.6. The maximum absolute atomic E-state index is 12.9. The van der Waals surface area contributed by atoms with Gasteiger partial charge in [-0.25, -0.2) is 4.79 Å². The van der Waals surface area contributed by atoms with Crippen LogP contribution in [-0.4, -0.2) is 34.5 Å². The fourth-order valence-electron chi connectivity index (χ4n) is 2.66. The molecule has 1 aromatic carbocycles. The molecule has 1 heterocycles. The van der Waals surface area contributed by atoms with E-state index >= 15 is 0 Å². The molecule has 0 saturated carbocycles. The number of carbonyl (C=O) groups is 2. The van der Waals surface area contributed by atoms with Gasteiger partial charge in [0.15, 0.2) is 6.61 Å². The summed E-state index contributed by atoms with van der Waals surface area (Å²) in [6, 6.07) is 7.08. The van der Waals surface area contributed by atoms with Crippen molar-refractivity contribution in [1.29, 1.82) is 0 Å². The van der Waals surface area contributed by atoms with Gasteiger partial charge in [0.05, 0.1) is 12.8 Å². The number of aliphatic carboxylic acids is 1. The predicted octanol–water partition coefficient (Wildman–Crippen LogP) is 3.41. The first-order chi connectivity index (χ1) is 11.8. The van der Waals surface area contributed by atoms with Crippen LogP contribution in [0.1, 0.15) is 41.1 Å². The van der Waals surface area contributed by atoms with Crippen LogP contribution < -0.4 is 4.74 Å². The van der Waals surface area contributed by atoms with E-state index in [9.17, 15) is 9.59 Å². The number of nitrogens with zero attached hydrogens (tertiary/aromatic N) is 1. The van der Waals surface area contributed by atoms with Gasteiger partial charge in [-0.1, -0.05) is 0 Å². The molecule has 6 nitrogen and oxygen atoms in total. The van der Waals surface area contributed by atoms with Crippen molar-refractivity contribution >= 4 is 11.9 Å². The SMILES string of the molecule is Cc1cc(C(=O)N(Cc2ccco2)C(C)C)cc(C)c1OCC(=O)O. The number of aryl methyl sites for hydroxylation is 2. The minimum Gasteiger partial charge on any atom is -0.481 e. The van der Waals surface area contributed by atoms with Crippen LogP contribution in [0.4, 0.5) is 0 Å². The maximum Gasteiger partial charge on any atom is 0.341 e. The Morgan fingerprint density at radius 3 is 2.36 bits per heavy atom. The summed E-state index contributed by atoms with van der Waals surface area (Å²) in [5.74, 6) is 0.0729. The Hall–Kier alpha value is -2.76. The molecule has 1 N–H and O–H groups in total. The molecule has 6 heteroatoms. The van der Waals surface area contributed by atoms with E-state index in [1.54, 1.807) is 43.2 Å². The molecule has 2 rings (SSSR count). The lowest BCUT2D eigenvalue weighted by Crippen LogP contribution is -2.36. The Morgan fingerprint density at radius 1 is 1.24 bits per heavy atom. The van der Waals surface area contributed by atoms with Crippen molar-refractivity contribution in [1.82, 2.24) is 4.90 Å². The molecule has 0 saturated heterocycles. The third-order valence-electron chi connectivity index (χ3n) is 3.84. The second kappa shape index (κ2) is 7.88. The number of carboxylic acid groups (broad SMARTS) is 1. The lowest BCUT2D eigenvalue weighted by Gasteiger charge is -2.26. The number of furan rings is 1. The van der Waals surface area contributed by atoms with Crippen molar-refractivity contribution in [3.05, 3.63) is 53.0 Å². The van der Waals surface area contributed by atoms with E-state index in [1.807, 2.05) is 19.9 Å². The first kappa shape index (κ1) is 18.6. The number of ether oxygens (including phenoxy) is 1. The highest BCUT2D eigenvalue weighted by Gasteiger charge is 2.22. The first-order valence-corrected chi connectivity index (χ1v) is 8.08. The van der Waals surface area contributed by atoms with Gasteiger partial charge in [0, 0.05) is 11.6 Å². The van der Waals surface area contributed by atoms with E-state index in [0.717, 1.165) is 16.9 Å². The molecule has 0 radical (unpaired) electrons. The maximum atomic E-state index is 12.9. The summed E-state index contributed by atoms with van der Waals surface area (Å²) in [4.78, 5) is 25.4. The minimum absolute atomic E-state index is 0.00106. The third-order valence-corrected chi connectivity index (χ3v) is 3.84. The fraction of sp³-hybridized carbons (Fsp3) is 0.368. The molecule has 0 unspecified atom stereocenters. The van der Waals surface area contributed by atoms with Crippen LogP contribution in [0.3, 0.4) is 0 Å². The zero-order valence-electron chi connectivity index (χ0n) is 14.9. The smallest absolute Gasteiger partial charge is 0.341 e. The number of hydrogen-bond donors (Lipinski definition) is 1. The summed E-state index contributed by atoms with van der Waals surface area (Å²) in [6.45, 7) is 7.47. The lowest BCUT2D eigenvalue weighted by molar-refractivity contribution is -0.139. The van der Waals surface area contributed by atoms with E-state index in [4.69, 9.17) is 14.3 Å². The Kier molecular flexibility index (Phi) is 5.85. The number of benzene rings is 1. The van der Waals surface area contributed by atoms with Gasteiger partial charge in [0.1, 0.15) is 11.5 Å². The number of carbonyl (C=O) groups excluding carboxylic acids is 1. The molecular weight excluding hydrogens is 322 g/mol. The lowest BCUT2D eigenvalue weighted by atomic mass is 10.0. The molecule has 0 atom stereocenters. The molecule has 25 heavy (non-hydrogen) atoms. The van der Waals surface area contributed by atoms with Crippen LogP contribution in [0.2, 0.25) is 0 Å². The Bertz CT molecular complexity index is 726. The van der Waals surface area contributed by atoms with Gasteiger partial charge in [0.2, 0.25) is 0 Å². The van der Waals surface area contributed by atoms with Crippen molar-refractivity contribution < 1.29 is 23.8 Å². The topological polar surface area (TPSA) is 80.0 Å². The highest BCUT2D eigenvalue weighted by atomic mass is 16.5. The summed E-state index contributed by atoms with van der Waals surface area (Å²) in [7, 11) is 0. The summed E-state index contributed by atoms with van der Waals surface area (Å²) in [5.41, 5.74) is 2.00. The van der Waals surface area contributed by atoms with E-state index < -0.39 is 12.6 Å². The van der Waals surface area contributed by atoms with E-state index in [0.29, 0.717) is 17.9 Å². The number of carboxylic acids is 1. The van der Waals surface area contributed by atoms with Crippen LogP contribution >= 0.6 is 0 Å². The summed E-state index contributed by atoms with van der Waals surface area (Å²) in [6.07, 6.45) is 1.58. The van der Waals surface area contributed by atoms with Crippen LogP contribution in [0.15, 0.2) is 34.9 Å². The standard InChI is InChI=1S/C19H23NO5/c1-12(2)20(10-16-6-5-7-24-16)19(23)15-8-13(3)18(14(4)9-15)25-11-17(21)22/h5-9,12H,10-11H2,1-4H3,(H,21,22). The average Bonchev–Trinajstić information content (AvgIpc) is 3.03. The molecule has 0 aliphatic rings. The van der Waals surface area contributed by atoms with Crippen LogP contribution in [0.5, 0.6) is 5.75 Å². The summed E-state index contributed by atoms with van der Waals surface area (Å²) >= 11 is 0. The molecule has 1 amide bonds. The second-order valence-electron chi connectivity index (χ2n) is 6.23. The Balaban J connectivity index is 2.26. The molecule has 0 aliphatic carbocycles. The number of amides is 1. The first-order valence-electron chi connectivity index (χ1n) is 8.08. The fourth-order valence-corrected chi connectivity index (χ4v) is 2.66. The Labute approximate surface area is 147 Å². The Morgan fingerprint density at radius 2 is 1.88 bits per heavy atom.